The Kier molecular flexibility index (Phi) is 3.11. The summed E-state index contributed by atoms with van der Waals surface area (Å²) < 4.78 is 0. The highest BCUT2D eigenvalue weighted by molar-refractivity contribution is 5.86. The van der Waals surface area contributed by atoms with Gasteiger partial charge in [0.1, 0.15) is 12.4 Å². The average Bonchev–Trinajstić information content (AvgIpc) is 2.36. The van der Waals surface area contributed by atoms with E-state index in [1.165, 1.54) is 4.90 Å². The van der Waals surface area contributed by atoms with Crippen molar-refractivity contribution in [2.45, 2.75) is 0 Å². The number of anilines is 1. The van der Waals surface area contributed by atoms with Crippen molar-refractivity contribution in [2.75, 3.05) is 18.5 Å². The highest BCUT2D eigenvalue weighted by atomic mass is 16.4. The van der Waals surface area contributed by atoms with E-state index in [-0.39, 0.29) is 6.54 Å². The first-order chi connectivity index (χ1) is 8.61. The van der Waals surface area contributed by atoms with Crippen molar-refractivity contribution in [2.24, 2.45) is 0 Å². The molecule has 0 unspecified atom stereocenters. The summed E-state index contributed by atoms with van der Waals surface area (Å²) in [5, 5.41) is 18.6. The number of likely N-dealkylation sites (N-methyl/N-ethyl adjacent to an activating group) is 1. The molecule has 2 rings (SSSR count). The molecule has 0 aliphatic heterocycles. The fourth-order valence-electron chi connectivity index (χ4n) is 1.73. The van der Waals surface area contributed by atoms with Crippen LogP contribution in [0.3, 0.4) is 0 Å². The summed E-state index contributed by atoms with van der Waals surface area (Å²) in [6.07, 6.45) is 0. The number of aliphatic carboxylic acids is 1. The summed E-state index contributed by atoms with van der Waals surface area (Å²) in [6, 6.07) is 11.0. The topological polar surface area (TPSA) is 77.2 Å². The first-order valence-corrected chi connectivity index (χ1v) is 5.34. The lowest BCUT2D eigenvalue weighted by atomic mass is 10.1. The van der Waals surface area contributed by atoms with Gasteiger partial charge in [-0.3, -0.25) is 4.79 Å². The maximum atomic E-state index is 10.7. The van der Waals surface area contributed by atoms with E-state index in [1.54, 1.807) is 19.2 Å². The fraction of sp³-hybridized carbons (Fsp3) is 0.154. The Morgan fingerprint density at radius 1 is 1.50 bits per heavy atom. The van der Waals surface area contributed by atoms with Crippen molar-refractivity contribution in [3.8, 4) is 6.07 Å². The maximum Gasteiger partial charge on any atom is 0.323 e. The van der Waals surface area contributed by atoms with E-state index in [4.69, 9.17) is 10.4 Å². The Hall–Kier alpha value is -2.61. The predicted molar refractivity (Wildman–Crippen MR) is 67.4 cm³/mol. The van der Waals surface area contributed by atoms with Crippen LogP contribution in [0.25, 0.3) is 10.9 Å². The molecule has 0 saturated heterocycles. The summed E-state index contributed by atoms with van der Waals surface area (Å²) in [5.74, 6) is -0.460. The number of nitriles is 1. The fourth-order valence-corrected chi connectivity index (χ4v) is 1.73. The van der Waals surface area contributed by atoms with Crippen molar-refractivity contribution in [1.82, 2.24) is 4.98 Å². The molecule has 18 heavy (non-hydrogen) atoms. The molecule has 5 nitrogen and oxygen atoms in total. The van der Waals surface area contributed by atoms with Gasteiger partial charge in [0.25, 0.3) is 0 Å². The van der Waals surface area contributed by atoms with Crippen molar-refractivity contribution in [3.05, 3.63) is 35.9 Å². The van der Waals surface area contributed by atoms with Crippen molar-refractivity contribution >= 4 is 22.7 Å². The van der Waals surface area contributed by atoms with Gasteiger partial charge >= 0.3 is 5.97 Å². The molecule has 1 aromatic heterocycles. The van der Waals surface area contributed by atoms with Gasteiger partial charge in [0.05, 0.1) is 17.1 Å². The Balaban J connectivity index is 2.54. The van der Waals surface area contributed by atoms with Gasteiger partial charge in [0.2, 0.25) is 0 Å². The zero-order valence-corrected chi connectivity index (χ0v) is 9.79. The number of pyridine rings is 1. The average molecular weight is 241 g/mol. The van der Waals surface area contributed by atoms with Gasteiger partial charge in [-0.15, -0.1) is 0 Å². The van der Waals surface area contributed by atoms with Crippen LogP contribution >= 0.6 is 0 Å². The zero-order chi connectivity index (χ0) is 13.1. The van der Waals surface area contributed by atoms with Crippen LogP contribution in [-0.2, 0) is 4.79 Å². The lowest BCUT2D eigenvalue weighted by molar-refractivity contribution is -0.135. The summed E-state index contributed by atoms with van der Waals surface area (Å²) in [6.45, 7) is -0.157. The van der Waals surface area contributed by atoms with Crippen LogP contribution in [0.15, 0.2) is 30.3 Å². The minimum atomic E-state index is -0.939. The molecule has 0 aliphatic rings. The third-order valence-electron chi connectivity index (χ3n) is 2.59. The number of carbonyl (C=O) groups is 1. The molecule has 0 aliphatic carbocycles. The number of fused-ring (bicyclic) bond motifs is 1. The predicted octanol–water partition coefficient (Wildman–Crippen LogP) is 1.63. The Morgan fingerprint density at radius 3 is 2.89 bits per heavy atom. The highest BCUT2D eigenvalue weighted by Crippen LogP contribution is 2.21. The van der Waals surface area contributed by atoms with Gasteiger partial charge in [0.15, 0.2) is 0 Å². The Bertz CT molecular complexity index is 646. The molecule has 0 amide bonds. The van der Waals surface area contributed by atoms with E-state index in [0.717, 1.165) is 5.39 Å². The van der Waals surface area contributed by atoms with Gasteiger partial charge in [-0.2, -0.15) is 5.26 Å². The molecule has 0 fully saturated rings. The first kappa shape index (κ1) is 11.9. The second kappa shape index (κ2) is 4.72. The van der Waals surface area contributed by atoms with E-state index in [1.807, 2.05) is 18.2 Å². The number of rotatable bonds is 3. The number of hydrogen-bond acceptors (Lipinski definition) is 4. The molecule has 90 valence electrons. The zero-order valence-electron chi connectivity index (χ0n) is 9.79. The van der Waals surface area contributed by atoms with Gasteiger partial charge in [-0.25, -0.2) is 4.98 Å². The lowest BCUT2D eigenvalue weighted by Gasteiger charge is -2.16. The molecule has 0 bridgehead atoms. The van der Waals surface area contributed by atoms with Gasteiger partial charge in [-0.1, -0.05) is 18.2 Å². The van der Waals surface area contributed by atoms with Crippen LogP contribution in [0.1, 0.15) is 5.56 Å². The normalized spacial score (nSPS) is 10.0. The first-order valence-electron chi connectivity index (χ1n) is 5.34. The molecule has 0 radical (unpaired) electrons. The molecular formula is C13H11N3O2. The summed E-state index contributed by atoms with van der Waals surface area (Å²) in [7, 11) is 1.63. The summed E-state index contributed by atoms with van der Waals surface area (Å²) >= 11 is 0. The summed E-state index contributed by atoms with van der Waals surface area (Å²) in [5.41, 5.74) is 1.18. The van der Waals surface area contributed by atoms with Gasteiger partial charge < -0.3 is 10.0 Å². The molecule has 0 spiro atoms. The molecule has 0 atom stereocenters. The summed E-state index contributed by atoms with van der Waals surface area (Å²) in [4.78, 5) is 16.5. The van der Waals surface area contributed by atoms with E-state index >= 15 is 0 Å². The maximum absolute atomic E-state index is 10.7. The number of carboxylic acids is 1. The van der Waals surface area contributed by atoms with Gasteiger partial charge in [0, 0.05) is 12.4 Å². The third-order valence-corrected chi connectivity index (χ3v) is 2.59. The quantitative estimate of drug-likeness (QED) is 0.883. The third kappa shape index (κ3) is 2.23. The second-order valence-electron chi connectivity index (χ2n) is 3.91. The highest BCUT2D eigenvalue weighted by Gasteiger charge is 2.10. The smallest absolute Gasteiger partial charge is 0.323 e. The molecule has 2 aromatic rings. The van der Waals surface area contributed by atoms with Crippen LogP contribution in [0.5, 0.6) is 0 Å². The minimum Gasteiger partial charge on any atom is -0.480 e. The van der Waals surface area contributed by atoms with Crippen LogP contribution in [0, 0.1) is 11.3 Å². The monoisotopic (exact) mass is 241 g/mol. The largest absolute Gasteiger partial charge is 0.480 e. The van der Waals surface area contributed by atoms with Crippen LogP contribution < -0.4 is 4.90 Å². The standard InChI is InChI=1S/C13H11N3O2/c1-16(8-13(17)18)12-6-9(7-14)10-4-2-3-5-11(10)15-12/h2-6H,8H2,1H3,(H,17,18). The SMILES string of the molecule is CN(CC(=O)O)c1cc(C#N)c2ccccc2n1. The van der Waals surface area contributed by atoms with Crippen LogP contribution in [0.2, 0.25) is 0 Å². The molecule has 5 heteroatoms. The lowest BCUT2D eigenvalue weighted by Crippen LogP contribution is -2.26. The number of para-hydroxylation sites is 1. The number of hydrogen-bond donors (Lipinski definition) is 1. The molecule has 1 aromatic carbocycles. The van der Waals surface area contributed by atoms with E-state index in [0.29, 0.717) is 16.9 Å². The number of aromatic nitrogens is 1. The van der Waals surface area contributed by atoms with Crippen molar-refractivity contribution in [1.29, 1.82) is 5.26 Å². The number of carboxylic acid groups (broad SMARTS) is 1. The van der Waals surface area contributed by atoms with Crippen LogP contribution in [-0.4, -0.2) is 29.7 Å². The Labute approximate surface area is 104 Å². The van der Waals surface area contributed by atoms with Gasteiger partial charge in [-0.05, 0) is 12.1 Å². The van der Waals surface area contributed by atoms with E-state index in [2.05, 4.69) is 11.1 Å². The van der Waals surface area contributed by atoms with Crippen molar-refractivity contribution < 1.29 is 9.90 Å². The molecular weight excluding hydrogens is 230 g/mol. The molecule has 0 saturated carbocycles. The minimum absolute atomic E-state index is 0.157. The van der Waals surface area contributed by atoms with E-state index in [9.17, 15) is 4.79 Å². The van der Waals surface area contributed by atoms with Crippen LogP contribution in [0.4, 0.5) is 5.82 Å². The van der Waals surface area contributed by atoms with Crippen molar-refractivity contribution in [3.63, 3.8) is 0 Å². The second-order valence-corrected chi connectivity index (χ2v) is 3.91. The number of nitrogens with zero attached hydrogens (tertiary/aromatic N) is 3. The molecule has 1 heterocycles. The molecule has 1 N–H and O–H groups in total. The number of benzene rings is 1. The van der Waals surface area contributed by atoms with E-state index < -0.39 is 5.97 Å². The Morgan fingerprint density at radius 2 is 2.22 bits per heavy atom.